The second-order valence-corrected chi connectivity index (χ2v) is 9.03. The highest BCUT2D eigenvalue weighted by Gasteiger charge is 2.19. The van der Waals surface area contributed by atoms with Crippen LogP contribution in [0.15, 0.2) is 71.6 Å². The summed E-state index contributed by atoms with van der Waals surface area (Å²) in [5, 5.41) is 2.82. The minimum atomic E-state index is -3.89. The third-order valence-electron chi connectivity index (χ3n) is 5.03. The first-order valence-corrected chi connectivity index (χ1v) is 11.9. The van der Waals surface area contributed by atoms with Crippen LogP contribution in [0.4, 0.5) is 11.4 Å². The van der Waals surface area contributed by atoms with Gasteiger partial charge >= 0.3 is 0 Å². The molecule has 166 valence electrons. The zero-order valence-corrected chi connectivity index (χ0v) is 18.4. The number of ether oxygens (including phenoxy) is 2. The topological polar surface area (TPSA) is 93.7 Å². The molecule has 0 unspecified atom stereocenters. The molecule has 8 heteroatoms. The number of anilines is 2. The maximum absolute atomic E-state index is 12.9. The standard InChI is InChI=1S/C24H24N2O5S/c1-2-17-7-9-19(10-8-17)25-24(27)18-5-3-6-20(15-18)26-32(28,29)21-11-12-22-23(16-21)31-14-4-13-30-22/h3,5-12,15-16,26H,2,4,13-14H2,1H3,(H,25,27). The van der Waals surface area contributed by atoms with Crippen molar-refractivity contribution in [3.8, 4) is 11.5 Å². The van der Waals surface area contributed by atoms with Gasteiger partial charge in [0.2, 0.25) is 0 Å². The van der Waals surface area contributed by atoms with Gasteiger partial charge in [0.25, 0.3) is 15.9 Å². The Labute approximate surface area is 187 Å². The van der Waals surface area contributed by atoms with Crippen LogP contribution >= 0.6 is 0 Å². The maximum atomic E-state index is 12.9. The largest absolute Gasteiger partial charge is 0.490 e. The van der Waals surface area contributed by atoms with Crippen molar-refractivity contribution < 1.29 is 22.7 Å². The van der Waals surface area contributed by atoms with Gasteiger partial charge in [0.15, 0.2) is 11.5 Å². The Hall–Kier alpha value is -3.52. The van der Waals surface area contributed by atoms with E-state index in [9.17, 15) is 13.2 Å². The van der Waals surface area contributed by atoms with E-state index in [1.165, 1.54) is 23.8 Å². The van der Waals surface area contributed by atoms with E-state index in [0.717, 1.165) is 12.8 Å². The fraction of sp³-hybridized carbons (Fsp3) is 0.208. The lowest BCUT2D eigenvalue weighted by atomic mass is 10.1. The smallest absolute Gasteiger partial charge is 0.262 e. The van der Waals surface area contributed by atoms with E-state index in [1.54, 1.807) is 24.3 Å². The number of sulfonamides is 1. The Bertz CT molecular complexity index is 1220. The number of hydrogen-bond acceptors (Lipinski definition) is 5. The van der Waals surface area contributed by atoms with Crippen LogP contribution in [0.2, 0.25) is 0 Å². The normalized spacial score (nSPS) is 13.2. The SMILES string of the molecule is CCc1ccc(NC(=O)c2cccc(NS(=O)(=O)c3ccc4c(c3)OCCCO4)c2)cc1. The zero-order valence-electron chi connectivity index (χ0n) is 17.6. The summed E-state index contributed by atoms with van der Waals surface area (Å²) in [5.41, 5.74) is 2.47. The van der Waals surface area contributed by atoms with Gasteiger partial charge in [0.1, 0.15) is 0 Å². The van der Waals surface area contributed by atoms with Crippen LogP contribution in [0.25, 0.3) is 0 Å². The lowest BCUT2D eigenvalue weighted by Gasteiger charge is -2.12. The van der Waals surface area contributed by atoms with E-state index < -0.39 is 10.0 Å². The molecule has 3 aromatic carbocycles. The van der Waals surface area contributed by atoms with Gasteiger partial charge in [-0.3, -0.25) is 9.52 Å². The van der Waals surface area contributed by atoms with Crippen molar-refractivity contribution in [3.05, 3.63) is 77.9 Å². The first kappa shape index (κ1) is 21.7. The fourth-order valence-electron chi connectivity index (χ4n) is 3.28. The van der Waals surface area contributed by atoms with Crippen LogP contribution in [0.5, 0.6) is 11.5 Å². The predicted octanol–water partition coefficient (Wildman–Crippen LogP) is 4.46. The van der Waals surface area contributed by atoms with Gasteiger partial charge in [0, 0.05) is 29.4 Å². The van der Waals surface area contributed by atoms with Crippen molar-refractivity contribution in [1.29, 1.82) is 0 Å². The number of carbonyl (C=O) groups excluding carboxylic acids is 1. The second kappa shape index (κ2) is 9.32. The highest BCUT2D eigenvalue weighted by atomic mass is 32.2. The Morgan fingerprint density at radius 1 is 0.906 bits per heavy atom. The molecule has 1 aliphatic rings. The van der Waals surface area contributed by atoms with Crippen LogP contribution < -0.4 is 19.5 Å². The minimum absolute atomic E-state index is 0.0487. The third-order valence-corrected chi connectivity index (χ3v) is 6.41. The van der Waals surface area contributed by atoms with E-state index in [-0.39, 0.29) is 16.5 Å². The van der Waals surface area contributed by atoms with Crippen molar-refractivity contribution in [2.75, 3.05) is 23.3 Å². The van der Waals surface area contributed by atoms with E-state index >= 15 is 0 Å². The number of rotatable bonds is 6. The molecule has 0 spiro atoms. The van der Waals surface area contributed by atoms with Crippen LogP contribution in [0.3, 0.4) is 0 Å². The summed E-state index contributed by atoms with van der Waals surface area (Å²) in [6.07, 6.45) is 1.65. The lowest BCUT2D eigenvalue weighted by molar-refractivity contribution is 0.102. The molecular weight excluding hydrogens is 428 g/mol. The Morgan fingerprint density at radius 2 is 1.66 bits per heavy atom. The summed E-state index contributed by atoms with van der Waals surface area (Å²) in [6, 6.07) is 18.4. The highest BCUT2D eigenvalue weighted by Crippen LogP contribution is 2.32. The van der Waals surface area contributed by atoms with Crippen LogP contribution in [-0.2, 0) is 16.4 Å². The number of aryl methyl sites for hydroxylation is 1. The molecule has 0 aromatic heterocycles. The molecule has 32 heavy (non-hydrogen) atoms. The van der Waals surface area contributed by atoms with Gasteiger partial charge in [-0.2, -0.15) is 0 Å². The zero-order chi connectivity index (χ0) is 22.6. The lowest BCUT2D eigenvalue weighted by Crippen LogP contribution is -2.15. The van der Waals surface area contributed by atoms with Crippen LogP contribution in [-0.4, -0.2) is 27.5 Å². The van der Waals surface area contributed by atoms with Gasteiger partial charge in [0.05, 0.1) is 18.1 Å². The van der Waals surface area contributed by atoms with Crippen molar-refractivity contribution in [1.82, 2.24) is 0 Å². The van der Waals surface area contributed by atoms with Crippen molar-refractivity contribution in [2.45, 2.75) is 24.7 Å². The Kier molecular flexibility index (Phi) is 6.32. The summed E-state index contributed by atoms with van der Waals surface area (Å²) < 4.78 is 39.5. The fourth-order valence-corrected chi connectivity index (χ4v) is 4.34. The highest BCUT2D eigenvalue weighted by molar-refractivity contribution is 7.92. The summed E-state index contributed by atoms with van der Waals surface area (Å²) in [5.74, 6) is 0.588. The molecule has 0 aliphatic carbocycles. The van der Waals surface area contributed by atoms with Gasteiger partial charge in [-0.1, -0.05) is 25.1 Å². The van der Waals surface area contributed by atoms with Crippen LogP contribution in [0.1, 0.15) is 29.3 Å². The van der Waals surface area contributed by atoms with Gasteiger partial charge in [-0.05, 0) is 54.4 Å². The molecule has 0 saturated carbocycles. The number of nitrogens with one attached hydrogen (secondary N) is 2. The van der Waals surface area contributed by atoms with Crippen molar-refractivity contribution in [3.63, 3.8) is 0 Å². The first-order valence-electron chi connectivity index (χ1n) is 10.4. The van der Waals surface area contributed by atoms with E-state index in [1.807, 2.05) is 24.3 Å². The summed E-state index contributed by atoms with van der Waals surface area (Å²) in [6.45, 7) is 3.05. The molecule has 0 atom stereocenters. The molecule has 1 heterocycles. The quantitative estimate of drug-likeness (QED) is 0.576. The Morgan fingerprint density at radius 3 is 2.41 bits per heavy atom. The summed E-state index contributed by atoms with van der Waals surface area (Å²) in [7, 11) is -3.89. The molecule has 0 fully saturated rings. The first-order chi connectivity index (χ1) is 15.4. The number of carbonyl (C=O) groups is 1. The maximum Gasteiger partial charge on any atom is 0.262 e. The number of hydrogen-bond donors (Lipinski definition) is 2. The average molecular weight is 453 g/mol. The van der Waals surface area contributed by atoms with Gasteiger partial charge in [-0.15, -0.1) is 0 Å². The number of amides is 1. The molecule has 3 aromatic rings. The molecule has 1 amide bonds. The molecule has 0 radical (unpaired) electrons. The van der Waals surface area contributed by atoms with E-state index in [4.69, 9.17) is 9.47 Å². The third kappa shape index (κ3) is 5.03. The molecule has 1 aliphatic heterocycles. The predicted molar refractivity (Wildman–Crippen MR) is 123 cm³/mol. The molecule has 4 rings (SSSR count). The number of fused-ring (bicyclic) bond motifs is 1. The molecule has 0 saturated heterocycles. The van der Waals surface area contributed by atoms with E-state index in [2.05, 4.69) is 17.0 Å². The number of benzene rings is 3. The van der Waals surface area contributed by atoms with Crippen molar-refractivity contribution in [2.24, 2.45) is 0 Å². The van der Waals surface area contributed by atoms with Gasteiger partial charge in [-0.25, -0.2) is 8.42 Å². The second-order valence-electron chi connectivity index (χ2n) is 7.35. The molecule has 0 bridgehead atoms. The molecule has 7 nitrogen and oxygen atoms in total. The Balaban J connectivity index is 1.50. The van der Waals surface area contributed by atoms with Gasteiger partial charge < -0.3 is 14.8 Å². The molecular formula is C24H24N2O5S. The summed E-state index contributed by atoms with van der Waals surface area (Å²) in [4.78, 5) is 12.7. The van der Waals surface area contributed by atoms with Crippen LogP contribution in [0, 0.1) is 0 Å². The summed E-state index contributed by atoms with van der Waals surface area (Å²) >= 11 is 0. The van der Waals surface area contributed by atoms with E-state index in [0.29, 0.717) is 36.0 Å². The monoisotopic (exact) mass is 452 g/mol. The average Bonchev–Trinajstić information content (AvgIpc) is 3.04. The minimum Gasteiger partial charge on any atom is -0.490 e. The van der Waals surface area contributed by atoms with Crippen molar-refractivity contribution >= 4 is 27.3 Å². The molecule has 2 N–H and O–H groups in total.